The van der Waals surface area contributed by atoms with Crippen molar-refractivity contribution < 1.29 is 0 Å². The zero-order chi connectivity index (χ0) is 8.97. The average Bonchev–Trinajstić information content (AvgIpc) is 2.48. The summed E-state index contributed by atoms with van der Waals surface area (Å²) in [6.07, 6.45) is 6.72. The van der Waals surface area contributed by atoms with Gasteiger partial charge in [-0.05, 0) is 13.0 Å². The van der Waals surface area contributed by atoms with Crippen LogP contribution in [0.1, 0.15) is 25.4 Å². The third-order valence-corrected chi connectivity index (χ3v) is 1.53. The molecule has 64 valence electrons. The fourth-order valence-corrected chi connectivity index (χ4v) is 0.875. The third-order valence-electron chi connectivity index (χ3n) is 1.53. The van der Waals surface area contributed by atoms with Crippen molar-refractivity contribution in [2.45, 2.75) is 20.3 Å². The molecule has 1 aromatic rings. The molecule has 1 aromatic heterocycles. The van der Waals surface area contributed by atoms with Crippen LogP contribution in [0.15, 0.2) is 24.4 Å². The summed E-state index contributed by atoms with van der Waals surface area (Å²) in [7, 11) is 0. The highest BCUT2D eigenvalue weighted by Gasteiger charge is 1.92. The molecule has 0 aromatic carbocycles. The number of H-pyrrole nitrogens is 1. The number of hydrogen-bond acceptors (Lipinski definition) is 1. The smallest absolute Gasteiger partial charge is 0.106 e. The number of imidazole rings is 1. The minimum absolute atomic E-state index is 0.945. The van der Waals surface area contributed by atoms with Crippen molar-refractivity contribution in [3.05, 3.63) is 35.9 Å². The summed E-state index contributed by atoms with van der Waals surface area (Å²) in [4.78, 5) is 7.36. The topological polar surface area (TPSA) is 28.7 Å². The molecule has 0 saturated heterocycles. The van der Waals surface area contributed by atoms with E-state index in [9.17, 15) is 0 Å². The second kappa shape index (κ2) is 3.90. The quantitative estimate of drug-likeness (QED) is 0.680. The van der Waals surface area contributed by atoms with Gasteiger partial charge in [0.25, 0.3) is 0 Å². The van der Waals surface area contributed by atoms with Gasteiger partial charge in [-0.2, -0.15) is 0 Å². The Morgan fingerprint density at radius 3 is 3.00 bits per heavy atom. The molecular formula is C10H14N2. The van der Waals surface area contributed by atoms with Gasteiger partial charge >= 0.3 is 0 Å². The first kappa shape index (κ1) is 8.78. The van der Waals surface area contributed by atoms with E-state index in [-0.39, 0.29) is 0 Å². The first-order chi connectivity index (χ1) is 5.72. The van der Waals surface area contributed by atoms with Crippen LogP contribution in [0.3, 0.4) is 0 Å². The molecule has 0 saturated carbocycles. The SMILES string of the molecule is C=C(C)/C=C\c1cnc(CC)[nH]1. The Labute approximate surface area is 73.0 Å². The van der Waals surface area contributed by atoms with Gasteiger partial charge in [0.15, 0.2) is 0 Å². The van der Waals surface area contributed by atoms with Crippen molar-refractivity contribution in [3.8, 4) is 0 Å². The Morgan fingerprint density at radius 1 is 1.75 bits per heavy atom. The maximum Gasteiger partial charge on any atom is 0.106 e. The van der Waals surface area contributed by atoms with Crippen LogP contribution in [0.25, 0.3) is 6.08 Å². The molecule has 12 heavy (non-hydrogen) atoms. The zero-order valence-electron chi connectivity index (χ0n) is 7.59. The molecule has 2 nitrogen and oxygen atoms in total. The number of nitrogens with zero attached hydrogens (tertiary/aromatic N) is 1. The van der Waals surface area contributed by atoms with Gasteiger partial charge in [0, 0.05) is 6.42 Å². The molecule has 0 aliphatic heterocycles. The Kier molecular flexibility index (Phi) is 2.86. The summed E-state index contributed by atoms with van der Waals surface area (Å²) in [5.74, 6) is 1.02. The van der Waals surface area contributed by atoms with Gasteiger partial charge < -0.3 is 4.98 Å². The van der Waals surface area contributed by atoms with E-state index < -0.39 is 0 Å². The van der Waals surface area contributed by atoms with Crippen molar-refractivity contribution in [2.75, 3.05) is 0 Å². The first-order valence-electron chi connectivity index (χ1n) is 4.10. The van der Waals surface area contributed by atoms with Gasteiger partial charge in [-0.3, -0.25) is 0 Å². The minimum atomic E-state index is 0.945. The fourth-order valence-electron chi connectivity index (χ4n) is 0.875. The minimum Gasteiger partial charge on any atom is -0.343 e. The van der Waals surface area contributed by atoms with Crippen LogP contribution < -0.4 is 0 Å². The summed E-state index contributed by atoms with van der Waals surface area (Å²) < 4.78 is 0. The van der Waals surface area contributed by atoms with Gasteiger partial charge in [-0.15, -0.1) is 0 Å². The number of aromatic nitrogens is 2. The molecule has 1 rings (SSSR count). The van der Waals surface area contributed by atoms with Crippen molar-refractivity contribution in [1.29, 1.82) is 0 Å². The summed E-state index contributed by atoms with van der Waals surface area (Å²) >= 11 is 0. The number of allylic oxidation sites excluding steroid dienone is 2. The molecule has 0 unspecified atom stereocenters. The molecule has 0 radical (unpaired) electrons. The van der Waals surface area contributed by atoms with Crippen LogP contribution in [-0.4, -0.2) is 9.97 Å². The predicted molar refractivity (Wildman–Crippen MR) is 51.8 cm³/mol. The molecule has 0 aliphatic carbocycles. The lowest BCUT2D eigenvalue weighted by molar-refractivity contribution is 0.988. The average molecular weight is 162 g/mol. The van der Waals surface area contributed by atoms with Crippen LogP contribution >= 0.6 is 0 Å². The Bertz CT molecular complexity index is 295. The number of nitrogens with one attached hydrogen (secondary N) is 1. The van der Waals surface area contributed by atoms with E-state index in [1.807, 2.05) is 25.3 Å². The van der Waals surface area contributed by atoms with Crippen molar-refractivity contribution in [3.63, 3.8) is 0 Å². The normalized spacial score (nSPS) is 10.8. The molecule has 0 amide bonds. The van der Waals surface area contributed by atoms with E-state index in [0.717, 1.165) is 23.5 Å². The Balaban J connectivity index is 2.70. The highest BCUT2D eigenvalue weighted by Crippen LogP contribution is 2.02. The van der Waals surface area contributed by atoms with Crippen LogP contribution in [0, 0.1) is 0 Å². The predicted octanol–water partition coefficient (Wildman–Crippen LogP) is 2.56. The zero-order valence-corrected chi connectivity index (χ0v) is 7.59. The molecule has 1 heterocycles. The van der Waals surface area contributed by atoms with E-state index in [1.54, 1.807) is 0 Å². The Hall–Kier alpha value is -1.31. The molecule has 0 aliphatic rings. The molecule has 0 atom stereocenters. The maximum absolute atomic E-state index is 4.18. The first-order valence-corrected chi connectivity index (χ1v) is 4.10. The van der Waals surface area contributed by atoms with Crippen LogP contribution in [0.4, 0.5) is 0 Å². The second-order valence-corrected chi connectivity index (χ2v) is 2.82. The molecule has 2 heteroatoms. The van der Waals surface area contributed by atoms with E-state index in [2.05, 4.69) is 23.5 Å². The summed E-state index contributed by atoms with van der Waals surface area (Å²) in [5.41, 5.74) is 2.08. The van der Waals surface area contributed by atoms with Crippen molar-refractivity contribution in [2.24, 2.45) is 0 Å². The third kappa shape index (κ3) is 2.38. The van der Waals surface area contributed by atoms with E-state index in [0.29, 0.717) is 0 Å². The Morgan fingerprint density at radius 2 is 2.50 bits per heavy atom. The maximum atomic E-state index is 4.18. The largest absolute Gasteiger partial charge is 0.343 e. The van der Waals surface area contributed by atoms with Gasteiger partial charge in [-0.1, -0.05) is 25.2 Å². The second-order valence-electron chi connectivity index (χ2n) is 2.82. The summed E-state index contributed by atoms with van der Waals surface area (Å²) in [5, 5.41) is 0. The van der Waals surface area contributed by atoms with Crippen LogP contribution in [-0.2, 0) is 6.42 Å². The highest BCUT2D eigenvalue weighted by molar-refractivity contribution is 5.47. The molecule has 0 fully saturated rings. The van der Waals surface area contributed by atoms with E-state index in [4.69, 9.17) is 0 Å². The van der Waals surface area contributed by atoms with E-state index in [1.165, 1.54) is 0 Å². The standard InChI is InChI=1S/C10H14N2/c1-4-10-11-7-9(12-10)6-5-8(2)3/h5-7H,2,4H2,1,3H3,(H,11,12)/b6-5-. The lowest BCUT2D eigenvalue weighted by Crippen LogP contribution is -1.80. The molecule has 1 N–H and O–H groups in total. The van der Waals surface area contributed by atoms with Gasteiger partial charge in [0.05, 0.1) is 11.9 Å². The molecule has 0 bridgehead atoms. The van der Waals surface area contributed by atoms with Crippen molar-refractivity contribution in [1.82, 2.24) is 9.97 Å². The fraction of sp³-hybridized carbons (Fsp3) is 0.300. The monoisotopic (exact) mass is 162 g/mol. The molecule has 0 spiro atoms. The summed E-state index contributed by atoms with van der Waals surface area (Å²) in [6, 6.07) is 0. The van der Waals surface area contributed by atoms with Gasteiger partial charge in [0.2, 0.25) is 0 Å². The van der Waals surface area contributed by atoms with Crippen LogP contribution in [0.2, 0.25) is 0 Å². The van der Waals surface area contributed by atoms with Gasteiger partial charge in [0.1, 0.15) is 5.82 Å². The van der Waals surface area contributed by atoms with Crippen LogP contribution in [0.5, 0.6) is 0 Å². The van der Waals surface area contributed by atoms with Crippen molar-refractivity contribution >= 4 is 6.08 Å². The molecular weight excluding hydrogens is 148 g/mol. The number of rotatable bonds is 3. The number of aromatic amines is 1. The summed E-state index contributed by atoms with van der Waals surface area (Å²) in [6.45, 7) is 7.82. The highest BCUT2D eigenvalue weighted by atomic mass is 14.9. The number of aryl methyl sites for hydroxylation is 1. The van der Waals surface area contributed by atoms with Gasteiger partial charge in [-0.25, -0.2) is 4.98 Å². The lowest BCUT2D eigenvalue weighted by atomic mass is 10.3. The van der Waals surface area contributed by atoms with E-state index >= 15 is 0 Å². The lowest BCUT2D eigenvalue weighted by Gasteiger charge is -1.86. The number of hydrogen-bond donors (Lipinski definition) is 1.